The van der Waals surface area contributed by atoms with Crippen LogP contribution in [0, 0.1) is 5.92 Å². The Bertz CT molecular complexity index is 861. The van der Waals surface area contributed by atoms with Gasteiger partial charge < -0.3 is 0 Å². The molecule has 24 heavy (non-hydrogen) atoms. The lowest BCUT2D eigenvalue weighted by molar-refractivity contribution is -0.125. The Labute approximate surface area is 138 Å². The molecule has 3 N–H and O–H groups in total. The minimum absolute atomic E-state index is 0.0000169. The molecule has 0 bridgehead atoms. The van der Waals surface area contributed by atoms with Crippen LogP contribution in [0.4, 0.5) is 0 Å². The third-order valence-corrected chi connectivity index (χ3v) is 5.56. The van der Waals surface area contributed by atoms with Gasteiger partial charge in [-0.25, -0.2) is 8.42 Å². The van der Waals surface area contributed by atoms with Crippen molar-refractivity contribution >= 4 is 21.7 Å². The van der Waals surface area contributed by atoms with Crippen molar-refractivity contribution in [3.63, 3.8) is 0 Å². The number of amides is 2. The van der Waals surface area contributed by atoms with Crippen molar-refractivity contribution in [1.29, 1.82) is 0 Å². The fourth-order valence-electron chi connectivity index (χ4n) is 2.48. The van der Waals surface area contributed by atoms with Gasteiger partial charge in [0.1, 0.15) is 5.69 Å². The molecule has 1 fully saturated rings. The van der Waals surface area contributed by atoms with Crippen LogP contribution in [-0.2, 0) is 14.6 Å². The fraction of sp³-hybridized carbons (Fsp3) is 0.267. The topological polar surface area (TPSA) is 121 Å². The van der Waals surface area contributed by atoms with Crippen LogP contribution in [0.3, 0.4) is 0 Å². The van der Waals surface area contributed by atoms with Gasteiger partial charge in [0.05, 0.1) is 23.1 Å². The molecular formula is C15H16N4O4S. The second-order valence-electron chi connectivity index (χ2n) is 5.58. The van der Waals surface area contributed by atoms with E-state index >= 15 is 0 Å². The fourth-order valence-corrected chi connectivity index (χ4v) is 4.23. The van der Waals surface area contributed by atoms with Crippen LogP contribution in [0.25, 0.3) is 11.3 Å². The molecule has 2 heterocycles. The SMILES string of the molecule is O=C(NNC(=O)[C@H]1CCS(=O)(=O)C1)c1cc(-c2ccccc2)n[nH]1. The molecule has 0 radical (unpaired) electrons. The Morgan fingerprint density at radius 1 is 1.17 bits per heavy atom. The Kier molecular flexibility index (Phi) is 4.34. The smallest absolute Gasteiger partial charge is 0.273 e. The molecule has 0 saturated carbocycles. The Morgan fingerprint density at radius 3 is 2.58 bits per heavy atom. The van der Waals surface area contributed by atoms with Gasteiger partial charge in [0, 0.05) is 5.56 Å². The number of rotatable bonds is 3. The quantitative estimate of drug-likeness (QED) is 0.688. The van der Waals surface area contributed by atoms with Gasteiger partial charge in [-0.1, -0.05) is 30.3 Å². The summed E-state index contributed by atoms with van der Waals surface area (Å²) in [6.07, 6.45) is 0.270. The van der Waals surface area contributed by atoms with E-state index in [-0.39, 0.29) is 23.6 Å². The largest absolute Gasteiger partial charge is 0.287 e. The molecule has 1 aromatic carbocycles. The van der Waals surface area contributed by atoms with Crippen LogP contribution in [0.15, 0.2) is 36.4 Å². The van der Waals surface area contributed by atoms with Gasteiger partial charge in [-0.15, -0.1) is 0 Å². The standard InChI is InChI=1S/C15H16N4O4S/c20-14(11-6-7-24(22,23)9-11)18-19-15(21)13-8-12(16-17-13)10-4-2-1-3-5-10/h1-5,8,11H,6-7,9H2,(H,16,17)(H,18,20)(H,19,21)/t11-/m0/s1. The Balaban J connectivity index is 1.58. The molecule has 1 saturated heterocycles. The molecule has 2 aromatic rings. The lowest BCUT2D eigenvalue weighted by Gasteiger charge is -2.09. The minimum atomic E-state index is -3.15. The summed E-state index contributed by atoms with van der Waals surface area (Å²) in [5, 5.41) is 6.65. The predicted octanol–water partition coefficient (Wildman–Crippen LogP) is 0.272. The maximum atomic E-state index is 12.0. The van der Waals surface area contributed by atoms with E-state index in [1.807, 2.05) is 30.3 Å². The van der Waals surface area contributed by atoms with Crippen molar-refractivity contribution < 1.29 is 18.0 Å². The van der Waals surface area contributed by atoms with Crippen LogP contribution >= 0.6 is 0 Å². The average Bonchev–Trinajstić information content (AvgIpc) is 3.20. The Hall–Kier alpha value is -2.68. The number of hydrogen-bond donors (Lipinski definition) is 3. The number of sulfone groups is 1. The van der Waals surface area contributed by atoms with Crippen molar-refractivity contribution in [2.45, 2.75) is 6.42 Å². The van der Waals surface area contributed by atoms with Crippen molar-refractivity contribution in [2.75, 3.05) is 11.5 Å². The average molecular weight is 348 g/mol. The number of nitrogens with one attached hydrogen (secondary N) is 3. The molecule has 0 unspecified atom stereocenters. The van der Waals surface area contributed by atoms with E-state index in [1.54, 1.807) is 6.07 Å². The number of nitrogens with zero attached hydrogens (tertiary/aromatic N) is 1. The number of hydrogen-bond acceptors (Lipinski definition) is 5. The second-order valence-corrected chi connectivity index (χ2v) is 7.80. The number of aromatic nitrogens is 2. The van der Waals surface area contributed by atoms with Crippen molar-refractivity contribution in [2.24, 2.45) is 5.92 Å². The van der Waals surface area contributed by atoms with Crippen LogP contribution in [0.5, 0.6) is 0 Å². The molecule has 9 heteroatoms. The van der Waals surface area contributed by atoms with Gasteiger partial charge in [0.15, 0.2) is 9.84 Å². The zero-order valence-corrected chi connectivity index (χ0v) is 13.5. The van der Waals surface area contributed by atoms with Gasteiger partial charge in [-0.3, -0.25) is 25.5 Å². The van der Waals surface area contributed by atoms with Gasteiger partial charge in [-0.05, 0) is 12.5 Å². The molecule has 2 amide bonds. The first-order valence-corrected chi connectivity index (χ1v) is 9.18. The molecule has 1 aromatic heterocycles. The van der Waals surface area contributed by atoms with Gasteiger partial charge in [0.2, 0.25) is 5.91 Å². The zero-order valence-electron chi connectivity index (χ0n) is 12.7. The lowest BCUT2D eigenvalue weighted by Crippen LogP contribution is -2.45. The Morgan fingerprint density at radius 2 is 1.92 bits per heavy atom. The number of aromatic amines is 1. The van der Waals surface area contributed by atoms with E-state index < -0.39 is 27.6 Å². The summed E-state index contributed by atoms with van der Waals surface area (Å²) in [4.78, 5) is 23.9. The zero-order chi connectivity index (χ0) is 17.2. The highest BCUT2D eigenvalue weighted by Crippen LogP contribution is 2.18. The molecule has 1 atom stereocenters. The van der Waals surface area contributed by atoms with Gasteiger partial charge in [0.25, 0.3) is 5.91 Å². The maximum absolute atomic E-state index is 12.0. The summed E-state index contributed by atoms with van der Waals surface area (Å²) in [6.45, 7) is 0. The van der Waals surface area contributed by atoms with E-state index in [1.165, 1.54) is 0 Å². The highest BCUT2D eigenvalue weighted by atomic mass is 32.2. The first-order chi connectivity index (χ1) is 11.4. The van der Waals surface area contributed by atoms with E-state index in [2.05, 4.69) is 21.0 Å². The van der Waals surface area contributed by atoms with Crippen molar-refractivity contribution in [3.8, 4) is 11.3 Å². The summed E-state index contributed by atoms with van der Waals surface area (Å²) in [6, 6.07) is 10.9. The summed E-state index contributed by atoms with van der Waals surface area (Å²) in [7, 11) is -3.15. The molecule has 1 aliphatic rings. The number of hydrazine groups is 1. The van der Waals surface area contributed by atoms with Gasteiger partial charge in [-0.2, -0.15) is 5.10 Å². The third kappa shape index (κ3) is 3.62. The van der Waals surface area contributed by atoms with E-state index in [9.17, 15) is 18.0 Å². The molecule has 3 rings (SSSR count). The highest BCUT2D eigenvalue weighted by Gasteiger charge is 2.33. The van der Waals surface area contributed by atoms with Crippen LogP contribution in [0.1, 0.15) is 16.9 Å². The summed E-state index contributed by atoms with van der Waals surface area (Å²) in [5.41, 5.74) is 6.17. The van der Waals surface area contributed by atoms with E-state index in [0.717, 1.165) is 5.56 Å². The predicted molar refractivity (Wildman–Crippen MR) is 86.4 cm³/mol. The van der Waals surface area contributed by atoms with E-state index in [0.29, 0.717) is 5.69 Å². The van der Waals surface area contributed by atoms with Crippen LogP contribution < -0.4 is 10.9 Å². The second kappa shape index (κ2) is 6.44. The number of benzene rings is 1. The number of carbonyl (C=O) groups is 2. The molecular weight excluding hydrogens is 332 g/mol. The van der Waals surface area contributed by atoms with Gasteiger partial charge >= 0.3 is 0 Å². The van der Waals surface area contributed by atoms with Crippen LogP contribution in [0.2, 0.25) is 0 Å². The number of carbonyl (C=O) groups excluding carboxylic acids is 2. The monoisotopic (exact) mass is 348 g/mol. The summed E-state index contributed by atoms with van der Waals surface area (Å²) < 4.78 is 22.7. The van der Waals surface area contributed by atoms with Crippen molar-refractivity contribution in [1.82, 2.24) is 21.0 Å². The molecule has 0 aliphatic carbocycles. The molecule has 8 nitrogen and oxygen atoms in total. The number of H-pyrrole nitrogens is 1. The summed E-state index contributed by atoms with van der Waals surface area (Å²) >= 11 is 0. The first kappa shape index (κ1) is 16.2. The first-order valence-electron chi connectivity index (χ1n) is 7.36. The minimum Gasteiger partial charge on any atom is -0.273 e. The lowest BCUT2D eigenvalue weighted by atomic mass is 10.1. The van der Waals surface area contributed by atoms with Crippen molar-refractivity contribution in [3.05, 3.63) is 42.1 Å². The highest BCUT2D eigenvalue weighted by molar-refractivity contribution is 7.91. The molecule has 126 valence electrons. The van der Waals surface area contributed by atoms with E-state index in [4.69, 9.17) is 0 Å². The third-order valence-electron chi connectivity index (χ3n) is 3.79. The maximum Gasteiger partial charge on any atom is 0.287 e. The van der Waals surface area contributed by atoms with Crippen LogP contribution in [-0.4, -0.2) is 41.9 Å². The molecule has 0 spiro atoms. The normalized spacial score (nSPS) is 18.9. The summed E-state index contributed by atoms with van der Waals surface area (Å²) in [5.74, 6) is -1.88. The molecule has 1 aliphatic heterocycles.